The number of hydrogen-bond donors (Lipinski definition) is 13. The minimum atomic E-state index is -4.78. The van der Waals surface area contributed by atoms with Gasteiger partial charge in [-0.2, -0.15) is 0 Å². The van der Waals surface area contributed by atoms with E-state index in [2.05, 4.69) is 31.3 Å². The number of aromatic nitrogens is 4. The monoisotopic (exact) mass is 1010 g/mol. The molecular weight excluding hydrogens is 937 g/mol. The van der Waals surface area contributed by atoms with Crippen molar-refractivity contribution in [2.24, 2.45) is 11.7 Å². The zero-order valence-corrected chi connectivity index (χ0v) is 39.2. The largest absolute Gasteiger partial charge is 0.756 e. The normalized spacial score (nSPS) is 25.3. The molecule has 3 aliphatic rings. The molecule has 0 spiro atoms. The number of nitrogens with zero attached hydrogens (tertiary/aromatic N) is 3. The molecule has 0 aromatic carbocycles. The van der Waals surface area contributed by atoms with Crippen LogP contribution in [-0.2, 0) is 28.2 Å². The van der Waals surface area contributed by atoms with Crippen LogP contribution < -0.4 is 49.9 Å². The third kappa shape index (κ3) is 18.9. The maximum absolute atomic E-state index is 12.0. The second-order valence-electron chi connectivity index (χ2n) is 16.4. The number of quaternary nitrogens is 2. The molecule has 0 bridgehead atoms. The first-order valence-corrected chi connectivity index (χ1v) is 24.1. The minimum absolute atomic E-state index is 0.0510. The third-order valence-electron chi connectivity index (χ3n) is 11.2. The van der Waals surface area contributed by atoms with Gasteiger partial charge in [-0.15, -0.1) is 0 Å². The van der Waals surface area contributed by atoms with Gasteiger partial charge in [-0.1, -0.05) is 18.6 Å². The van der Waals surface area contributed by atoms with Gasteiger partial charge in [0.2, 0.25) is 11.8 Å². The Bertz CT molecular complexity index is 2260. The van der Waals surface area contributed by atoms with Crippen LogP contribution in [0.1, 0.15) is 81.4 Å². The maximum Gasteiger partial charge on any atom is 0.330 e. The quantitative estimate of drug-likeness (QED) is 0.0296. The summed E-state index contributed by atoms with van der Waals surface area (Å²) in [5.74, 6) is -0.875. The van der Waals surface area contributed by atoms with Crippen LogP contribution in [0.15, 0.2) is 43.7 Å². The highest BCUT2D eigenvalue weighted by Crippen LogP contribution is 2.33. The van der Waals surface area contributed by atoms with Gasteiger partial charge < -0.3 is 81.8 Å². The molecule has 0 radical (unpaired) electrons. The van der Waals surface area contributed by atoms with E-state index in [1.807, 2.05) is 0 Å². The average Bonchev–Trinajstić information content (AvgIpc) is 3.97. The van der Waals surface area contributed by atoms with Crippen LogP contribution in [0.2, 0.25) is 0 Å². The summed E-state index contributed by atoms with van der Waals surface area (Å²) in [7, 11) is -4.78. The van der Waals surface area contributed by atoms with E-state index < -0.39 is 91.9 Å². The van der Waals surface area contributed by atoms with Crippen molar-refractivity contribution in [1.82, 2.24) is 29.3 Å². The van der Waals surface area contributed by atoms with Crippen molar-refractivity contribution >= 4 is 31.8 Å². The van der Waals surface area contributed by atoms with E-state index in [-0.39, 0.29) is 62.2 Å². The Labute approximate surface area is 395 Å². The summed E-state index contributed by atoms with van der Waals surface area (Å²) < 4.78 is 27.6. The molecule has 69 heavy (non-hydrogen) atoms. The third-order valence-corrected chi connectivity index (χ3v) is 11.6. The zero-order chi connectivity index (χ0) is 51.3. The van der Waals surface area contributed by atoms with Crippen LogP contribution >= 0.6 is 7.82 Å². The van der Waals surface area contributed by atoms with Gasteiger partial charge in [0, 0.05) is 63.4 Å². The molecule has 3 aliphatic heterocycles. The lowest BCUT2D eigenvalue weighted by molar-refractivity contribution is -0.368. The Morgan fingerprint density at radius 3 is 2.01 bits per heavy atom. The molecule has 0 saturated carbocycles. The number of rotatable bonds is 22. The fourth-order valence-corrected chi connectivity index (χ4v) is 7.67. The van der Waals surface area contributed by atoms with Crippen LogP contribution in [0.25, 0.3) is 12.2 Å². The van der Waals surface area contributed by atoms with E-state index in [0.717, 1.165) is 67.2 Å². The number of amides is 2. The first-order valence-electron chi connectivity index (χ1n) is 22.6. The molecule has 2 aromatic rings. The first kappa shape index (κ1) is 58.8. The summed E-state index contributed by atoms with van der Waals surface area (Å²) in [6.45, 7) is 1.75. The molecule has 5 unspecified atom stereocenters. The van der Waals surface area contributed by atoms with E-state index in [9.17, 15) is 58.7 Å². The molecular formula is C41H69N9O18P+. The Kier molecular flexibility index (Phi) is 25.2. The second kappa shape index (κ2) is 29.6. The van der Waals surface area contributed by atoms with Gasteiger partial charge in [-0.05, 0) is 44.6 Å². The number of carbonyl (C=O) groups is 2. The van der Waals surface area contributed by atoms with Gasteiger partial charge in [0.1, 0.15) is 30.6 Å². The highest BCUT2D eigenvalue weighted by atomic mass is 31.2. The number of H-pyrrole nitrogens is 2. The molecule has 0 aliphatic carbocycles. The maximum atomic E-state index is 12.0. The molecule has 3 fully saturated rings. The number of phosphoric ester groups is 1. The van der Waals surface area contributed by atoms with Crippen molar-refractivity contribution in [2.75, 3.05) is 59.1 Å². The topological polar surface area (TPSA) is 450 Å². The molecule has 2 aromatic heterocycles. The number of aromatic amines is 2. The first-order chi connectivity index (χ1) is 32.8. The smallest absolute Gasteiger partial charge is 0.330 e. The van der Waals surface area contributed by atoms with E-state index in [0.29, 0.717) is 13.0 Å². The Morgan fingerprint density at radius 2 is 1.43 bits per heavy atom. The molecule has 2 amide bonds. The van der Waals surface area contributed by atoms with Gasteiger partial charge in [-0.25, -0.2) is 9.59 Å². The summed E-state index contributed by atoms with van der Waals surface area (Å²) in [4.78, 5) is 96.0. The van der Waals surface area contributed by atoms with Crippen molar-refractivity contribution in [3.63, 3.8) is 0 Å². The molecule has 3 saturated heterocycles. The van der Waals surface area contributed by atoms with Crippen LogP contribution in [0.5, 0.6) is 0 Å². The standard InChI is InChI=1S/C18H28N4O6.C12H17N3O6.C11H23N2O6P/c19-7-3-1-2-4-8-20-15(25)6-5-12-10-22(18(27)21-17(12)26)16-9-13(24)14(11-23)28-16;13-3-1-2-6-4-15(12(20)14-10(6)19)11-9(18)8(17)7(5-16)21-11;12-5-3-1-2-4-11(15)13-6-9(10(14)7-13)8-19-20(16,17)18/h5-6,10,13-14,16,23-24H,1-4,7-9,11,19H2,(H,20,25)(H,21,26,27);1-2,4,7-9,11,16-18H,3,5,13H2,(H,14,19,20);9-10,14H,1-8,12H2,(H2,16,17,18)/p+1/b6-5+;2-1+;/t13?,14-,16-;7-,8?,9+,11-;/m11./s1. The van der Waals surface area contributed by atoms with Crippen LogP contribution in [0, 0.1) is 5.92 Å². The molecule has 5 heterocycles. The summed E-state index contributed by atoms with van der Waals surface area (Å²) in [6, 6.07) is 0. The predicted octanol–water partition coefficient (Wildman–Crippen LogP) is -6.69. The zero-order valence-electron chi connectivity index (χ0n) is 38.3. The molecule has 18 N–H and O–H groups in total. The molecule has 5 rings (SSSR count). The van der Waals surface area contributed by atoms with E-state index in [1.165, 1.54) is 41.6 Å². The van der Waals surface area contributed by atoms with Crippen LogP contribution in [0.3, 0.4) is 0 Å². The molecule has 10 atom stereocenters. The van der Waals surface area contributed by atoms with E-state index in [4.69, 9.17) is 30.3 Å². The molecule has 390 valence electrons. The number of ether oxygens (including phenoxy) is 2. The fourth-order valence-electron chi connectivity index (χ4n) is 7.29. The van der Waals surface area contributed by atoms with Gasteiger partial charge in [0.15, 0.2) is 6.23 Å². The van der Waals surface area contributed by atoms with Gasteiger partial charge >= 0.3 is 11.4 Å². The van der Waals surface area contributed by atoms with Gasteiger partial charge in [-0.3, -0.25) is 42.8 Å². The lowest BCUT2D eigenvalue weighted by atomic mass is 10.1. The summed E-state index contributed by atoms with van der Waals surface area (Å²) >= 11 is 0. The van der Waals surface area contributed by atoms with Gasteiger partial charge in [0.05, 0.1) is 56.2 Å². The average molecular weight is 1010 g/mol. The SMILES string of the molecule is NC/C=C/c1cn([C@@H]2O[C@H](CO)C(O)[C@@H]2O)c(=O)[nH]c1=O.[NH3+]CCCCCC(=O)N1CC(O)C(COP(=O)([O-])O)C1.[NH3+]CCCCCCNC(=O)/C=C/c1cn([C@H]2CC(O)[C@@H](CO)O2)c(=O)[nH]c1=O. The van der Waals surface area contributed by atoms with Gasteiger partial charge in [0.25, 0.3) is 18.9 Å². The van der Waals surface area contributed by atoms with Crippen LogP contribution in [0.4, 0.5) is 0 Å². The van der Waals surface area contributed by atoms with Crippen molar-refractivity contribution in [3.05, 3.63) is 77.3 Å². The Balaban J connectivity index is 0.000000279. The van der Waals surface area contributed by atoms with Crippen molar-refractivity contribution in [3.8, 4) is 0 Å². The number of nitrogens with one attached hydrogen (secondary N) is 3. The number of nitrogens with two attached hydrogens (primary N) is 1. The number of hydrogen-bond acceptors (Lipinski definition) is 18. The Hall–Kier alpha value is -4.55. The Morgan fingerprint density at radius 1 is 0.841 bits per heavy atom. The number of aliphatic hydroxyl groups is 6. The van der Waals surface area contributed by atoms with Crippen LogP contribution in [-0.4, -0.2) is 167 Å². The predicted molar refractivity (Wildman–Crippen MR) is 242 cm³/mol. The number of β-amino-alcohol motifs (C(OH)–C–C–N with tert-alkyl or cyclic N) is 1. The minimum Gasteiger partial charge on any atom is -0.756 e. The number of likely N-dealkylation sites (tertiary alicyclic amines) is 1. The highest BCUT2D eigenvalue weighted by Gasteiger charge is 2.44. The lowest BCUT2D eigenvalue weighted by Crippen LogP contribution is -2.50. The van der Waals surface area contributed by atoms with Crippen molar-refractivity contribution < 1.29 is 80.0 Å². The number of aliphatic hydroxyl groups excluding tert-OH is 6. The lowest BCUT2D eigenvalue weighted by Gasteiger charge is -2.20. The number of unbranched alkanes of at least 4 members (excludes halogenated alkanes) is 5. The number of phosphoric acid groups is 1. The fraction of sp³-hybridized carbons (Fsp3) is 0.659. The molecule has 27 nitrogen and oxygen atoms in total. The summed E-state index contributed by atoms with van der Waals surface area (Å²) in [6.07, 6.45) is 7.00. The number of carbonyl (C=O) groups excluding carboxylic acids is 2. The van der Waals surface area contributed by atoms with Crippen molar-refractivity contribution in [1.29, 1.82) is 0 Å². The highest BCUT2D eigenvalue weighted by molar-refractivity contribution is 7.44. The second-order valence-corrected chi connectivity index (χ2v) is 17.6. The van der Waals surface area contributed by atoms with E-state index >= 15 is 0 Å². The van der Waals surface area contributed by atoms with E-state index in [1.54, 1.807) is 0 Å². The summed E-state index contributed by atoms with van der Waals surface area (Å²) in [5.41, 5.74) is 10.4. The summed E-state index contributed by atoms with van der Waals surface area (Å²) in [5, 5.41) is 60.1. The molecule has 28 heteroatoms. The van der Waals surface area contributed by atoms with Crippen molar-refractivity contribution in [2.45, 2.75) is 107 Å².